The van der Waals surface area contributed by atoms with E-state index in [1.807, 2.05) is 37.3 Å². The van der Waals surface area contributed by atoms with Crippen LogP contribution in [-0.2, 0) is 4.74 Å². The van der Waals surface area contributed by atoms with Crippen LogP contribution < -0.4 is 10.2 Å². The van der Waals surface area contributed by atoms with Crippen molar-refractivity contribution < 1.29 is 9.53 Å². The summed E-state index contributed by atoms with van der Waals surface area (Å²) in [6.45, 7) is 3.88. The van der Waals surface area contributed by atoms with Gasteiger partial charge in [-0.2, -0.15) is 0 Å². The number of amides is 1. The van der Waals surface area contributed by atoms with E-state index in [9.17, 15) is 4.79 Å². The molecule has 1 aromatic heterocycles. The fourth-order valence-corrected chi connectivity index (χ4v) is 2.17. The zero-order valence-corrected chi connectivity index (χ0v) is 13.5. The van der Waals surface area contributed by atoms with E-state index in [1.54, 1.807) is 24.3 Å². The Labute approximate surface area is 136 Å². The molecular formula is C17H22N4O2. The third kappa shape index (κ3) is 4.75. The molecule has 0 fully saturated rings. The fourth-order valence-electron chi connectivity index (χ4n) is 2.17. The van der Waals surface area contributed by atoms with E-state index in [-0.39, 0.29) is 5.91 Å². The number of aromatic nitrogens is 2. The van der Waals surface area contributed by atoms with Crippen LogP contribution in [-0.4, -0.2) is 42.7 Å². The molecule has 0 saturated carbocycles. The first kappa shape index (κ1) is 16.9. The number of benzene rings is 1. The summed E-state index contributed by atoms with van der Waals surface area (Å²) in [5, 5.41) is 3.10. The van der Waals surface area contributed by atoms with Gasteiger partial charge in [0.15, 0.2) is 0 Å². The summed E-state index contributed by atoms with van der Waals surface area (Å²) in [6.07, 6.45) is 2.45. The number of carbonyl (C=O) groups is 1. The monoisotopic (exact) mass is 314 g/mol. The van der Waals surface area contributed by atoms with Gasteiger partial charge in [0.05, 0.1) is 0 Å². The standard InChI is InChI=1S/C17H22N4O2/c1-3-21(14-8-5-4-6-9-14)16(22)15-10-12-19-17(20-15)18-11-7-13-23-2/h4-6,8-10,12H,3,7,11,13H2,1-2H3,(H,18,19,20). The molecule has 0 spiro atoms. The lowest BCUT2D eigenvalue weighted by molar-refractivity contribution is 0.0983. The van der Waals surface area contributed by atoms with Gasteiger partial charge in [0.2, 0.25) is 5.95 Å². The number of hydrogen-bond donors (Lipinski definition) is 1. The summed E-state index contributed by atoms with van der Waals surface area (Å²) in [4.78, 5) is 22.8. The minimum Gasteiger partial charge on any atom is -0.385 e. The summed E-state index contributed by atoms with van der Waals surface area (Å²) in [7, 11) is 1.67. The maximum atomic E-state index is 12.7. The van der Waals surface area contributed by atoms with Gasteiger partial charge in [-0.05, 0) is 31.5 Å². The van der Waals surface area contributed by atoms with E-state index in [0.717, 1.165) is 12.1 Å². The maximum absolute atomic E-state index is 12.7. The number of carbonyl (C=O) groups excluding carboxylic acids is 1. The molecule has 2 rings (SSSR count). The molecular weight excluding hydrogens is 292 g/mol. The molecule has 0 saturated heterocycles. The molecule has 1 amide bonds. The van der Waals surface area contributed by atoms with Gasteiger partial charge in [-0.3, -0.25) is 4.79 Å². The van der Waals surface area contributed by atoms with Gasteiger partial charge in [0.25, 0.3) is 5.91 Å². The maximum Gasteiger partial charge on any atom is 0.277 e. The number of anilines is 2. The lowest BCUT2D eigenvalue weighted by Gasteiger charge is -2.20. The molecule has 122 valence electrons. The predicted molar refractivity (Wildman–Crippen MR) is 90.8 cm³/mol. The van der Waals surface area contributed by atoms with Crippen molar-refractivity contribution in [3.63, 3.8) is 0 Å². The van der Waals surface area contributed by atoms with E-state index >= 15 is 0 Å². The summed E-state index contributed by atoms with van der Waals surface area (Å²) in [5.41, 5.74) is 1.23. The van der Waals surface area contributed by atoms with Crippen LogP contribution in [0.4, 0.5) is 11.6 Å². The second-order valence-corrected chi connectivity index (χ2v) is 4.92. The van der Waals surface area contributed by atoms with Gasteiger partial charge >= 0.3 is 0 Å². The predicted octanol–water partition coefficient (Wildman–Crippen LogP) is 2.59. The van der Waals surface area contributed by atoms with E-state index in [4.69, 9.17) is 4.74 Å². The Morgan fingerprint density at radius 1 is 1.26 bits per heavy atom. The van der Waals surface area contributed by atoms with Gasteiger partial charge in [-0.1, -0.05) is 18.2 Å². The third-order valence-corrected chi connectivity index (χ3v) is 3.31. The van der Waals surface area contributed by atoms with Crippen LogP contribution in [0.25, 0.3) is 0 Å². The molecule has 1 heterocycles. The normalized spacial score (nSPS) is 10.3. The second-order valence-electron chi connectivity index (χ2n) is 4.92. The van der Waals surface area contributed by atoms with Crippen molar-refractivity contribution in [1.29, 1.82) is 0 Å². The first-order chi connectivity index (χ1) is 11.3. The van der Waals surface area contributed by atoms with Crippen molar-refractivity contribution in [1.82, 2.24) is 9.97 Å². The summed E-state index contributed by atoms with van der Waals surface area (Å²) in [5.74, 6) is 0.317. The molecule has 1 aromatic carbocycles. The Balaban J connectivity index is 2.09. The molecule has 6 heteroatoms. The van der Waals surface area contributed by atoms with Gasteiger partial charge in [0, 0.05) is 38.7 Å². The molecule has 2 aromatic rings. The number of methoxy groups -OCH3 is 1. The molecule has 0 aliphatic carbocycles. The molecule has 23 heavy (non-hydrogen) atoms. The molecule has 0 aliphatic heterocycles. The SMILES string of the molecule is CCN(C(=O)c1ccnc(NCCCOC)n1)c1ccccc1. The van der Waals surface area contributed by atoms with Gasteiger partial charge in [-0.15, -0.1) is 0 Å². The molecule has 1 N–H and O–H groups in total. The van der Waals surface area contributed by atoms with E-state index < -0.39 is 0 Å². The summed E-state index contributed by atoms with van der Waals surface area (Å²) >= 11 is 0. The lowest BCUT2D eigenvalue weighted by Crippen LogP contribution is -2.31. The number of nitrogens with one attached hydrogen (secondary N) is 1. The Morgan fingerprint density at radius 2 is 2.04 bits per heavy atom. The molecule has 0 unspecified atom stereocenters. The topological polar surface area (TPSA) is 67.4 Å². The highest BCUT2D eigenvalue weighted by molar-refractivity contribution is 6.04. The van der Waals surface area contributed by atoms with Crippen molar-refractivity contribution in [2.24, 2.45) is 0 Å². The van der Waals surface area contributed by atoms with Crippen LogP contribution in [0.5, 0.6) is 0 Å². The largest absolute Gasteiger partial charge is 0.385 e. The minimum atomic E-state index is -0.138. The third-order valence-electron chi connectivity index (χ3n) is 3.31. The van der Waals surface area contributed by atoms with E-state index in [1.165, 1.54) is 0 Å². The van der Waals surface area contributed by atoms with Crippen LogP contribution in [0.15, 0.2) is 42.6 Å². The smallest absolute Gasteiger partial charge is 0.277 e. The van der Waals surface area contributed by atoms with Gasteiger partial charge in [-0.25, -0.2) is 9.97 Å². The molecule has 6 nitrogen and oxygen atoms in total. The zero-order chi connectivity index (χ0) is 16.5. The number of para-hydroxylation sites is 1. The van der Waals surface area contributed by atoms with Crippen LogP contribution >= 0.6 is 0 Å². The average Bonchev–Trinajstić information content (AvgIpc) is 2.60. The summed E-state index contributed by atoms with van der Waals surface area (Å²) in [6, 6.07) is 11.2. The van der Waals surface area contributed by atoms with E-state index in [0.29, 0.717) is 31.3 Å². The minimum absolute atomic E-state index is 0.138. The molecule has 0 aliphatic rings. The first-order valence-corrected chi connectivity index (χ1v) is 7.69. The Kier molecular flexibility index (Phi) is 6.50. The van der Waals surface area contributed by atoms with Crippen LogP contribution in [0.2, 0.25) is 0 Å². The van der Waals surface area contributed by atoms with Crippen molar-refractivity contribution in [2.75, 3.05) is 37.0 Å². The van der Waals surface area contributed by atoms with Crippen LogP contribution in [0, 0.1) is 0 Å². The lowest BCUT2D eigenvalue weighted by atomic mass is 10.2. The Morgan fingerprint density at radius 3 is 2.74 bits per heavy atom. The quantitative estimate of drug-likeness (QED) is 0.759. The van der Waals surface area contributed by atoms with Crippen molar-refractivity contribution in [3.8, 4) is 0 Å². The number of ether oxygens (including phenoxy) is 1. The van der Waals surface area contributed by atoms with E-state index in [2.05, 4.69) is 15.3 Å². The number of rotatable bonds is 8. The zero-order valence-electron chi connectivity index (χ0n) is 13.5. The van der Waals surface area contributed by atoms with Crippen LogP contribution in [0.3, 0.4) is 0 Å². The number of nitrogens with zero attached hydrogens (tertiary/aromatic N) is 3. The van der Waals surface area contributed by atoms with Gasteiger partial charge < -0.3 is 15.0 Å². The van der Waals surface area contributed by atoms with Crippen molar-refractivity contribution in [2.45, 2.75) is 13.3 Å². The van der Waals surface area contributed by atoms with Gasteiger partial charge in [0.1, 0.15) is 5.69 Å². The molecule has 0 radical (unpaired) electrons. The highest BCUT2D eigenvalue weighted by atomic mass is 16.5. The highest BCUT2D eigenvalue weighted by Gasteiger charge is 2.17. The van der Waals surface area contributed by atoms with Crippen molar-refractivity contribution in [3.05, 3.63) is 48.3 Å². The second kappa shape index (κ2) is 8.85. The molecule has 0 bridgehead atoms. The Bertz CT molecular complexity index is 619. The fraction of sp³-hybridized carbons (Fsp3) is 0.353. The van der Waals surface area contributed by atoms with Crippen LogP contribution in [0.1, 0.15) is 23.8 Å². The average molecular weight is 314 g/mol. The summed E-state index contributed by atoms with van der Waals surface area (Å²) < 4.78 is 5.00. The Hall–Kier alpha value is -2.47. The number of hydrogen-bond acceptors (Lipinski definition) is 5. The first-order valence-electron chi connectivity index (χ1n) is 7.69. The van der Waals surface area contributed by atoms with Crippen molar-refractivity contribution >= 4 is 17.5 Å². The highest BCUT2D eigenvalue weighted by Crippen LogP contribution is 2.16. The molecule has 0 atom stereocenters.